The Morgan fingerprint density at radius 3 is 2.74 bits per heavy atom. The van der Waals surface area contributed by atoms with E-state index in [-0.39, 0.29) is 11.8 Å². The first kappa shape index (κ1) is 19.0. The van der Waals surface area contributed by atoms with Gasteiger partial charge in [0.1, 0.15) is 11.4 Å². The minimum atomic E-state index is -0.148. The first-order valence-corrected chi connectivity index (χ1v) is 9.33. The number of pyridine rings is 1. The maximum atomic E-state index is 12.6. The SMILES string of the molecule is COc1ccccc1C(CC(=O)NCC(C)C)c1cnc2c(C)cccn12. The van der Waals surface area contributed by atoms with Crippen molar-refractivity contribution in [3.63, 3.8) is 0 Å². The Morgan fingerprint density at radius 1 is 1.22 bits per heavy atom. The smallest absolute Gasteiger partial charge is 0.221 e. The lowest BCUT2D eigenvalue weighted by Gasteiger charge is -2.20. The molecule has 2 heterocycles. The van der Waals surface area contributed by atoms with Crippen LogP contribution in [0.25, 0.3) is 5.65 Å². The number of nitrogens with one attached hydrogen (secondary N) is 1. The zero-order valence-corrected chi connectivity index (χ0v) is 16.4. The predicted octanol–water partition coefficient (Wildman–Crippen LogP) is 3.95. The van der Waals surface area contributed by atoms with Gasteiger partial charge in [-0.1, -0.05) is 38.1 Å². The Morgan fingerprint density at radius 2 is 2.00 bits per heavy atom. The van der Waals surface area contributed by atoms with Crippen molar-refractivity contribution in [1.82, 2.24) is 14.7 Å². The fourth-order valence-electron chi connectivity index (χ4n) is 3.33. The van der Waals surface area contributed by atoms with Crippen LogP contribution in [-0.4, -0.2) is 28.9 Å². The Kier molecular flexibility index (Phi) is 5.79. The molecule has 0 aliphatic rings. The number of imidazole rings is 1. The highest BCUT2D eigenvalue weighted by Gasteiger charge is 2.24. The van der Waals surface area contributed by atoms with Gasteiger partial charge in [0.15, 0.2) is 0 Å². The van der Waals surface area contributed by atoms with Gasteiger partial charge < -0.3 is 14.5 Å². The Bertz CT molecular complexity index is 930. The first-order valence-electron chi connectivity index (χ1n) is 9.33. The lowest BCUT2D eigenvalue weighted by Crippen LogP contribution is -2.29. The van der Waals surface area contributed by atoms with Gasteiger partial charge in [-0.15, -0.1) is 0 Å². The Hall–Kier alpha value is -2.82. The molecule has 3 rings (SSSR count). The summed E-state index contributed by atoms with van der Waals surface area (Å²) in [5.41, 5.74) is 3.99. The molecule has 1 atom stereocenters. The zero-order valence-electron chi connectivity index (χ0n) is 16.4. The van der Waals surface area contributed by atoms with E-state index in [1.807, 2.05) is 55.7 Å². The van der Waals surface area contributed by atoms with E-state index in [1.165, 1.54) is 0 Å². The number of aryl methyl sites for hydroxylation is 1. The monoisotopic (exact) mass is 365 g/mol. The van der Waals surface area contributed by atoms with Crippen molar-refractivity contribution in [2.24, 2.45) is 5.92 Å². The van der Waals surface area contributed by atoms with Gasteiger partial charge in [0.25, 0.3) is 0 Å². The van der Waals surface area contributed by atoms with Crippen LogP contribution in [0, 0.1) is 12.8 Å². The molecule has 2 aromatic heterocycles. The number of aromatic nitrogens is 2. The van der Waals surface area contributed by atoms with Crippen LogP contribution in [0.4, 0.5) is 0 Å². The average molecular weight is 365 g/mol. The van der Waals surface area contributed by atoms with Gasteiger partial charge in [0, 0.05) is 36.8 Å². The summed E-state index contributed by atoms with van der Waals surface area (Å²) in [5, 5.41) is 3.03. The van der Waals surface area contributed by atoms with Crippen molar-refractivity contribution < 1.29 is 9.53 Å². The number of carbonyl (C=O) groups excluding carboxylic acids is 1. The largest absolute Gasteiger partial charge is 0.496 e. The highest BCUT2D eigenvalue weighted by atomic mass is 16.5. The maximum absolute atomic E-state index is 12.6. The molecule has 0 bridgehead atoms. The lowest BCUT2D eigenvalue weighted by molar-refractivity contribution is -0.121. The van der Waals surface area contributed by atoms with E-state index >= 15 is 0 Å². The molecule has 1 aromatic carbocycles. The number of nitrogens with zero attached hydrogens (tertiary/aromatic N) is 2. The molecule has 1 unspecified atom stereocenters. The van der Waals surface area contributed by atoms with Gasteiger partial charge in [-0.25, -0.2) is 4.98 Å². The van der Waals surface area contributed by atoms with Crippen LogP contribution in [0.3, 0.4) is 0 Å². The number of amides is 1. The van der Waals surface area contributed by atoms with Crippen LogP contribution in [0.2, 0.25) is 0 Å². The van der Waals surface area contributed by atoms with Crippen LogP contribution in [0.15, 0.2) is 48.8 Å². The predicted molar refractivity (Wildman–Crippen MR) is 107 cm³/mol. The number of hydrogen-bond donors (Lipinski definition) is 1. The van der Waals surface area contributed by atoms with Crippen LogP contribution >= 0.6 is 0 Å². The summed E-state index contributed by atoms with van der Waals surface area (Å²) in [7, 11) is 1.66. The molecule has 27 heavy (non-hydrogen) atoms. The fourth-order valence-corrected chi connectivity index (χ4v) is 3.33. The van der Waals surface area contributed by atoms with E-state index in [2.05, 4.69) is 28.5 Å². The lowest BCUT2D eigenvalue weighted by atomic mass is 9.91. The van der Waals surface area contributed by atoms with Gasteiger partial charge in [-0.3, -0.25) is 4.79 Å². The Labute approximate surface area is 160 Å². The molecule has 1 amide bonds. The number of benzene rings is 1. The second kappa shape index (κ2) is 8.25. The van der Waals surface area contributed by atoms with Gasteiger partial charge in [0.2, 0.25) is 5.91 Å². The molecule has 142 valence electrons. The molecular formula is C22H27N3O2. The molecule has 0 spiro atoms. The molecule has 5 heteroatoms. The van der Waals surface area contributed by atoms with Gasteiger partial charge in [-0.2, -0.15) is 0 Å². The minimum Gasteiger partial charge on any atom is -0.496 e. The maximum Gasteiger partial charge on any atom is 0.221 e. The number of para-hydroxylation sites is 1. The summed E-state index contributed by atoms with van der Waals surface area (Å²) in [6.45, 7) is 6.89. The van der Waals surface area contributed by atoms with Crippen LogP contribution in [-0.2, 0) is 4.79 Å². The molecule has 0 aliphatic carbocycles. The molecule has 0 aliphatic heterocycles. The third-order valence-corrected chi connectivity index (χ3v) is 4.73. The van der Waals surface area contributed by atoms with Gasteiger partial charge >= 0.3 is 0 Å². The summed E-state index contributed by atoms with van der Waals surface area (Å²) in [6, 6.07) is 11.9. The summed E-state index contributed by atoms with van der Waals surface area (Å²) in [4.78, 5) is 17.2. The van der Waals surface area contributed by atoms with E-state index in [1.54, 1.807) is 7.11 Å². The quantitative estimate of drug-likeness (QED) is 0.690. The minimum absolute atomic E-state index is 0.0298. The summed E-state index contributed by atoms with van der Waals surface area (Å²) in [5.74, 6) is 1.08. The summed E-state index contributed by atoms with van der Waals surface area (Å²) >= 11 is 0. The number of ether oxygens (including phenoxy) is 1. The highest BCUT2D eigenvalue weighted by Crippen LogP contribution is 2.35. The van der Waals surface area contributed by atoms with Crippen molar-refractivity contribution >= 4 is 11.6 Å². The Balaban J connectivity index is 2.04. The molecule has 1 N–H and O–H groups in total. The van der Waals surface area contributed by atoms with E-state index in [0.29, 0.717) is 18.9 Å². The van der Waals surface area contributed by atoms with Crippen molar-refractivity contribution in [3.05, 3.63) is 65.6 Å². The molecule has 5 nitrogen and oxygen atoms in total. The zero-order chi connectivity index (χ0) is 19.4. The molecule has 0 fully saturated rings. The van der Waals surface area contributed by atoms with Gasteiger partial charge in [0.05, 0.1) is 12.8 Å². The number of carbonyl (C=O) groups is 1. The van der Waals surface area contributed by atoms with E-state index < -0.39 is 0 Å². The van der Waals surface area contributed by atoms with E-state index in [4.69, 9.17) is 4.74 Å². The number of rotatable bonds is 7. The molecular weight excluding hydrogens is 338 g/mol. The highest BCUT2D eigenvalue weighted by molar-refractivity contribution is 5.77. The van der Waals surface area contributed by atoms with Crippen LogP contribution in [0.1, 0.15) is 43.0 Å². The fraction of sp³-hybridized carbons (Fsp3) is 0.364. The van der Waals surface area contributed by atoms with Crippen molar-refractivity contribution in [1.29, 1.82) is 0 Å². The second-order valence-electron chi connectivity index (χ2n) is 7.26. The molecule has 0 saturated heterocycles. The van der Waals surface area contributed by atoms with Gasteiger partial charge in [-0.05, 0) is 30.5 Å². The van der Waals surface area contributed by atoms with E-state index in [0.717, 1.165) is 28.2 Å². The van der Waals surface area contributed by atoms with Crippen molar-refractivity contribution in [2.75, 3.05) is 13.7 Å². The van der Waals surface area contributed by atoms with Crippen LogP contribution in [0.5, 0.6) is 5.75 Å². The third-order valence-electron chi connectivity index (χ3n) is 4.73. The second-order valence-corrected chi connectivity index (χ2v) is 7.26. The molecule has 3 aromatic rings. The first-order chi connectivity index (χ1) is 13.0. The topological polar surface area (TPSA) is 55.6 Å². The normalized spacial score (nSPS) is 12.3. The average Bonchev–Trinajstić information content (AvgIpc) is 3.10. The molecule has 0 radical (unpaired) electrons. The summed E-state index contributed by atoms with van der Waals surface area (Å²) in [6.07, 6.45) is 4.21. The third kappa shape index (κ3) is 4.13. The number of fused-ring (bicyclic) bond motifs is 1. The van der Waals surface area contributed by atoms with Crippen LogP contribution < -0.4 is 10.1 Å². The molecule has 0 saturated carbocycles. The van der Waals surface area contributed by atoms with Crippen molar-refractivity contribution in [3.8, 4) is 5.75 Å². The van der Waals surface area contributed by atoms with E-state index in [9.17, 15) is 4.79 Å². The number of hydrogen-bond acceptors (Lipinski definition) is 3. The number of methoxy groups -OCH3 is 1. The van der Waals surface area contributed by atoms with Crippen molar-refractivity contribution in [2.45, 2.75) is 33.1 Å². The summed E-state index contributed by atoms with van der Waals surface area (Å²) < 4.78 is 7.65. The standard InChI is InChI=1S/C22H27N3O2/c1-15(2)13-23-21(26)12-18(17-9-5-6-10-20(17)27-4)19-14-24-22-16(3)8-7-11-25(19)22/h5-11,14-15,18H,12-13H2,1-4H3,(H,23,26).